The molecule has 0 aliphatic heterocycles. The summed E-state index contributed by atoms with van der Waals surface area (Å²) in [4.78, 5) is 2.49. The van der Waals surface area contributed by atoms with Crippen LogP contribution in [0.15, 0.2) is 0 Å². The first-order chi connectivity index (χ1) is 6.69. The van der Waals surface area contributed by atoms with Crippen molar-refractivity contribution in [2.45, 2.75) is 46.1 Å². The highest BCUT2D eigenvalue weighted by molar-refractivity contribution is 4.97. The number of hydrogen-bond donors (Lipinski definition) is 0. The maximum absolute atomic E-state index is 9.04. The number of hydrogen-bond acceptors (Lipinski definition) is 2. The van der Waals surface area contributed by atoms with Crippen LogP contribution in [0.5, 0.6) is 0 Å². The second-order valence-electron chi connectivity index (χ2n) is 4.72. The van der Waals surface area contributed by atoms with Gasteiger partial charge < -0.3 is 0 Å². The van der Waals surface area contributed by atoms with Crippen LogP contribution in [0.4, 0.5) is 0 Å². The van der Waals surface area contributed by atoms with Gasteiger partial charge in [-0.2, -0.15) is 5.26 Å². The molecule has 0 saturated heterocycles. The second kappa shape index (κ2) is 5.36. The van der Waals surface area contributed by atoms with Gasteiger partial charge in [-0.1, -0.05) is 27.2 Å². The first kappa shape index (κ1) is 11.5. The van der Waals surface area contributed by atoms with Gasteiger partial charge in [-0.3, -0.25) is 4.90 Å². The molecule has 1 aliphatic rings. The van der Waals surface area contributed by atoms with Crippen LogP contribution in [-0.4, -0.2) is 24.0 Å². The lowest BCUT2D eigenvalue weighted by Crippen LogP contribution is -2.39. The molecule has 0 aromatic rings. The van der Waals surface area contributed by atoms with Gasteiger partial charge in [0.05, 0.1) is 12.0 Å². The molecule has 0 aromatic heterocycles. The van der Waals surface area contributed by atoms with Crippen molar-refractivity contribution in [3.05, 3.63) is 0 Å². The Balaban J connectivity index is 2.55. The topological polar surface area (TPSA) is 27.0 Å². The molecule has 1 saturated carbocycles. The van der Waals surface area contributed by atoms with Gasteiger partial charge in [0.2, 0.25) is 0 Å². The van der Waals surface area contributed by atoms with Gasteiger partial charge >= 0.3 is 0 Å². The van der Waals surface area contributed by atoms with Crippen LogP contribution in [0.1, 0.15) is 40.0 Å². The molecule has 2 unspecified atom stereocenters. The standard InChI is InChI=1S/C12H22N2/c1-4-14(9-10(2)3)12-7-5-6-11(12)8-13/h10-12H,4-7,9H2,1-3H3. The molecule has 0 bridgehead atoms. The lowest BCUT2D eigenvalue weighted by molar-refractivity contribution is 0.167. The Bertz CT molecular complexity index is 205. The van der Waals surface area contributed by atoms with Crippen LogP contribution in [0, 0.1) is 23.2 Å². The smallest absolute Gasteiger partial charge is 0.0672 e. The highest BCUT2D eigenvalue weighted by Gasteiger charge is 2.31. The quantitative estimate of drug-likeness (QED) is 0.688. The van der Waals surface area contributed by atoms with Crippen molar-refractivity contribution in [1.29, 1.82) is 5.26 Å². The minimum atomic E-state index is 0.286. The van der Waals surface area contributed by atoms with E-state index in [2.05, 4.69) is 31.7 Å². The zero-order valence-corrected chi connectivity index (χ0v) is 9.66. The van der Waals surface area contributed by atoms with E-state index in [1.54, 1.807) is 0 Å². The molecule has 2 atom stereocenters. The van der Waals surface area contributed by atoms with Crippen LogP contribution < -0.4 is 0 Å². The normalized spacial score (nSPS) is 27.1. The van der Waals surface area contributed by atoms with Crippen molar-refractivity contribution < 1.29 is 0 Å². The molecule has 0 amide bonds. The van der Waals surface area contributed by atoms with E-state index in [1.165, 1.54) is 12.8 Å². The molecule has 1 aliphatic carbocycles. The Labute approximate surface area is 87.9 Å². The lowest BCUT2D eigenvalue weighted by Gasteiger charge is -2.30. The van der Waals surface area contributed by atoms with Crippen LogP contribution in [-0.2, 0) is 0 Å². The van der Waals surface area contributed by atoms with Crippen molar-refractivity contribution in [2.24, 2.45) is 11.8 Å². The third-order valence-electron chi connectivity index (χ3n) is 3.12. The van der Waals surface area contributed by atoms with Gasteiger partial charge in [-0.05, 0) is 25.3 Å². The van der Waals surface area contributed by atoms with E-state index < -0.39 is 0 Å². The minimum absolute atomic E-state index is 0.286. The third kappa shape index (κ3) is 2.72. The molecule has 0 heterocycles. The highest BCUT2D eigenvalue weighted by Crippen LogP contribution is 2.29. The summed E-state index contributed by atoms with van der Waals surface area (Å²) in [5.74, 6) is 0.989. The fourth-order valence-corrected chi connectivity index (χ4v) is 2.50. The van der Waals surface area contributed by atoms with Crippen LogP contribution >= 0.6 is 0 Å². The Hall–Kier alpha value is -0.550. The molecule has 1 fully saturated rings. The van der Waals surface area contributed by atoms with Crippen LogP contribution in [0.3, 0.4) is 0 Å². The van der Waals surface area contributed by atoms with Crippen molar-refractivity contribution in [1.82, 2.24) is 4.90 Å². The van der Waals surface area contributed by atoms with Crippen molar-refractivity contribution in [3.8, 4) is 6.07 Å². The maximum atomic E-state index is 9.04. The molecule has 2 nitrogen and oxygen atoms in total. The average Bonchev–Trinajstić information content (AvgIpc) is 2.61. The largest absolute Gasteiger partial charge is 0.299 e. The number of rotatable bonds is 4. The molecular formula is C12H22N2. The Morgan fingerprint density at radius 3 is 2.64 bits per heavy atom. The summed E-state index contributed by atoms with van der Waals surface area (Å²) in [5.41, 5.74) is 0. The van der Waals surface area contributed by atoms with E-state index >= 15 is 0 Å². The van der Waals surface area contributed by atoms with Gasteiger partial charge in [-0.15, -0.1) is 0 Å². The third-order valence-corrected chi connectivity index (χ3v) is 3.12. The molecular weight excluding hydrogens is 172 g/mol. The molecule has 0 radical (unpaired) electrons. The monoisotopic (exact) mass is 194 g/mol. The molecule has 2 heteroatoms. The molecule has 0 spiro atoms. The van der Waals surface area contributed by atoms with Crippen molar-refractivity contribution in [2.75, 3.05) is 13.1 Å². The second-order valence-corrected chi connectivity index (χ2v) is 4.72. The van der Waals surface area contributed by atoms with Gasteiger partial charge in [0.15, 0.2) is 0 Å². The van der Waals surface area contributed by atoms with Crippen LogP contribution in [0.25, 0.3) is 0 Å². The Morgan fingerprint density at radius 1 is 1.43 bits per heavy atom. The molecule has 80 valence electrons. The van der Waals surface area contributed by atoms with E-state index in [4.69, 9.17) is 5.26 Å². The fraction of sp³-hybridized carbons (Fsp3) is 0.917. The van der Waals surface area contributed by atoms with E-state index in [0.717, 1.165) is 19.5 Å². The first-order valence-corrected chi connectivity index (χ1v) is 5.82. The van der Waals surface area contributed by atoms with E-state index in [-0.39, 0.29) is 5.92 Å². The summed E-state index contributed by atoms with van der Waals surface area (Å²) in [7, 11) is 0. The van der Waals surface area contributed by atoms with E-state index in [9.17, 15) is 0 Å². The summed E-state index contributed by atoms with van der Waals surface area (Å²) >= 11 is 0. The Morgan fingerprint density at radius 2 is 2.14 bits per heavy atom. The van der Waals surface area contributed by atoms with Gasteiger partial charge in [0.25, 0.3) is 0 Å². The van der Waals surface area contributed by atoms with Gasteiger partial charge in [0, 0.05) is 12.6 Å². The van der Waals surface area contributed by atoms with Gasteiger partial charge in [0.1, 0.15) is 0 Å². The molecule has 0 aromatic carbocycles. The predicted octanol–water partition coefficient (Wildman–Crippen LogP) is 2.66. The fourth-order valence-electron chi connectivity index (χ4n) is 2.50. The summed E-state index contributed by atoms with van der Waals surface area (Å²) in [6.45, 7) is 8.92. The Kier molecular flexibility index (Phi) is 4.41. The zero-order chi connectivity index (χ0) is 10.6. The van der Waals surface area contributed by atoms with Crippen molar-refractivity contribution >= 4 is 0 Å². The molecule has 14 heavy (non-hydrogen) atoms. The summed E-state index contributed by atoms with van der Waals surface area (Å²) < 4.78 is 0. The van der Waals surface area contributed by atoms with E-state index in [1.807, 2.05) is 0 Å². The maximum Gasteiger partial charge on any atom is 0.0672 e. The summed E-state index contributed by atoms with van der Waals surface area (Å²) in [5, 5.41) is 9.04. The summed E-state index contributed by atoms with van der Waals surface area (Å²) in [6, 6.07) is 2.99. The predicted molar refractivity (Wildman–Crippen MR) is 58.8 cm³/mol. The molecule has 0 N–H and O–H groups in total. The van der Waals surface area contributed by atoms with E-state index in [0.29, 0.717) is 12.0 Å². The SMILES string of the molecule is CCN(CC(C)C)C1CCCC1C#N. The number of nitriles is 1. The zero-order valence-electron chi connectivity index (χ0n) is 9.66. The van der Waals surface area contributed by atoms with Crippen molar-refractivity contribution in [3.63, 3.8) is 0 Å². The molecule has 1 rings (SSSR count). The summed E-state index contributed by atoms with van der Waals surface area (Å²) in [6.07, 6.45) is 3.56. The number of nitrogens with zero attached hydrogens (tertiary/aromatic N) is 2. The lowest BCUT2D eigenvalue weighted by atomic mass is 10.0. The average molecular weight is 194 g/mol. The van der Waals surface area contributed by atoms with Gasteiger partial charge in [-0.25, -0.2) is 0 Å². The minimum Gasteiger partial charge on any atom is -0.299 e. The highest BCUT2D eigenvalue weighted by atomic mass is 15.2. The first-order valence-electron chi connectivity index (χ1n) is 5.82. The van der Waals surface area contributed by atoms with Crippen LogP contribution in [0.2, 0.25) is 0 Å².